The molecule has 9 aromatic carbocycles. The van der Waals surface area contributed by atoms with Crippen LogP contribution in [0.2, 0.25) is 0 Å². The van der Waals surface area contributed by atoms with Crippen LogP contribution in [0.5, 0.6) is 0 Å². The summed E-state index contributed by atoms with van der Waals surface area (Å²) < 4.78 is 2.38. The summed E-state index contributed by atoms with van der Waals surface area (Å²) in [4.78, 5) is 2.41. The predicted octanol–water partition coefficient (Wildman–Crippen LogP) is 11.3. The van der Waals surface area contributed by atoms with E-state index in [1.807, 2.05) is 0 Å². The smallest absolute Gasteiger partial charge is 0.179 e. The van der Waals surface area contributed by atoms with Crippen molar-refractivity contribution < 1.29 is 0 Å². The Hall–Kier alpha value is -7.20. The molecule has 3 heteroatoms. The van der Waals surface area contributed by atoms with Crippen LogP contribution in [-0.4, -0.2) is 12.6 Å². The van der Waals surface area contributed by atoms with Crippen molar-refractivity contribution in [3.63, 3.8) is 0 Å². The Labute approximate surface area is 335 Å². The van der Waals surface area contributed by atoms with Crippen LogP contribution in [-0.2, 0) is 0 Å². The highest BCUT2D eigenvalue weighted by atomic mass is 28.3. The molecule has 0 saturated carbocycles. The van der Waals surface area contributed by atoms with Gasteiger partial charge in [-0.2, -0.15) is 0 Å². The summed E-state index contributed by atoms with van der Waals surface area (Å²) in [5.74, 6) is 0. The summed E-state index contributed by atoms with van der Waals surface area (Å²) in [6, 6.07) is 88.8. The highest BCUT2D eigenvalue weighted by Gasteiger charge is 2.41. The molecule has 0 N–H and O–H groups in total. The maximum Gasteiger partial charge on any atom is 0.179 e. The van der Waals surface area contributed by atoms with Crippen molar-refractivity contribution in [3.05, 3.63) is 243 Å². The van der Waals surface area contributed by atoms with Crippen molar-refractivity contribution in [2.24, 2.45) is 0 Å². The van der Waals surface area contributed by atoms with Gasteiger partial charge in [-0.1, -0.05) is 182 Å². The van der Waals surface area contributed by atoms with Crippen molar-refractivity contribution in [1.82, 2.24) is 4.57 Å². The first-order chi connectivity index (χ1) is 28.3. The standard InChI is InChI=1S/C54H40N2Si/c1-5-18-41(19-6-1)42-32-34-43(35-33-42)55(44-36-38-45(39-37-44)56-53-30-15-13-28-51(53)52-29-14-16-31-54(52)56)46-20-17-27-50(40-46)57(47-21-7-2-8-22-47,48-23-9-3-10-24-48)49-25-11-4-12-26-49/h1-40H. The maximum absolute atomic E-state index is 2.76. The van der Waals surface area contributed by atoms with E-state index >= 15 is 0 Å². The number of rotatable bonds is 9. The predicted molar refractivity (Wildman–Crippen MR) is 245 cm³/mol. The van der Waals surface area contributed by atoms with Crippen molar-refractivity contribution in [2.45, 2.75) is 0 Å². The fourth-order valence-electron chi connectivity index (χ4n) is 8.77. The van der Waals surface area contributed by atoms with Gasteiger partial charge in [-0.05, 0) is 92.5 Å². The van der Waals surface area contributed by atoms with Gasteiger partial charge in [0.2, 0.25) is 0 Å². The number of anilines is 3. The molecule has 270 valence electrons. The SMILES string of the molecule is c1ccc(-c2ccc(N(c3ccc(-n4c5ccccc5c5ccccc54)cc3)c3cccc([Si](c4ccccc4)(c4ccccc4)c4ccccc4)c3)cc2)cc1. The van der Waals surface area contributed by atoms with E-state index in [4.69, 9.17) is 0 Å². The Morgan fingerprint density at radius 2 is 0.702 bits per heavy atom. The van der Waals surface area contributed by atoms with Crippen molar-refractivity contribution >= 4 is 67.7 Å². The van der Waals surface area contributed by atoms with Gasteiger partial charge in [0.05, 0.1) is 11.0 Å². The Bertz CT molecular complexity index is 2770. The molecule has 0 spiro atoms. The van der Waals surface area contributed by atoms with Crippen LogP contribution in [0, 0.1) is 0 Å². The molecule has 0 aliphatic heterocycles. The van der Waals surface area contributed by atoms with Gasteiger partial charge >= 0.3 is 0 Å². The molecular formula is C54H40N2Si. The van der Waals surface area contributed by atoms with E-state index in [1.54, 1.807) is 0 Å². The van der Waals surface area contributed by atoms with Crippen LogP contribution in [0.1, 0.15) is 0 Å². The fraction of sp³-hybridized carbons (Fsp3) is 0. The number of fused-ring (bicyclic) bond motifs is 3. The van der Waals surface area contributed by atoms with E-state index in [2.05, 4.69) is 252 Å². The Morgan fingerprint density at radius 1 is 0.298 bits per heavy atom. The van der Waals surface area contributed by atoms with Crippen LogP contribution in [0.3, 0.4) is 0 Å². The maximum atomic E-state index is 2.45. The molecule has 1 heterocycles. The molecule has 0 bridgehead atoms. The van der Waals surface area contributed by atoms with Gasteiger partial charge in [0.25, 0.3) is 0 Å². The number of benzene rings is 9. The number of aromatic nitrogens is 1. The second-order valence-electron chi connectivity index (χ2n) is 14.5. The van der Waals surface area contributed by atoms with Crippen LogP contribution in [0.4, 0.5) is 17.1 Å². The van der Waals surface area contributed by atoms with Gasteiger partial charge in [-0.25, -0.2) is 0 Å². The first kappa shape index (κ1) is 34.3. The summed E-state index contributed by atoms with van der Waals surface area (Å²) in [6.45, 7) is 0. The van der Waals surface area contributed by atoms with Crippen molar-refractivity contribution in [1.29, 1.82) is 0 Å². The molecule has 0 aliphatic carbocycles. The Balaban J connectivity index is 1.16. The van der Waals surface area contributed by atoms with Crippen molar-refractivity contribution in [2.75, 3.05) is 4.90 Å². The number of hydrogen-bond acceptors (Lipinski definition) is 1. The molecule has 10 rings (SSSR count). The molecule has 0 saturated heterocycles. The number of nitrogens with zero attached hydrogens (tertiary/aromatic N) is 2. The van der Waals surface area contributed by atoms with E-state index in [0.29, 0.717) is 0 Å². The van der Waals surface area contributed by atoms with Crippen molar-refractivity contribution in [3.8, 4) is 16.8 Å². The monoisotopic (exact) mass is 744 g/mol. The van der Waals surface area contributed by atoms with E-state index in [9.17, 15) is 0 Å². The zero-order chi connectivity index (χ0) is 38.0. The normalized spacial score (nSPS) is 11.5. The third-order valence-corrected chi connectivity index (χ3v) is 16.1. The number of para-hydroxylation sites is 2. The zero-order valence-electron chi connectivity index (χ0n) is 31.5. The van der Waals surface area contributed by atoms with E-state index in [0.717, 1.165) is 22.7 Å². The molecule has 57 heavy (non-hydrogen) atoms. The number of hydrogen-bond donors (Lipinski definition) is 0. The van der Waals surface area contributed by atoms with Gasteiger partial charge in [0.15, 0.2) is 8.07 Å². The van der Waals surface area contributed by atoms with E-state index in [1.165, 1.54) is 53.7 Å². The van der Waals surface area contributed by atoms with Crippen LogP contribution in [0.25, 0.3) is 38.6 Å². The lowest BCUT2D eigenvalue weighted by Gasteiger charge is -2.35. The molecule has 1 aromatic heterocycles. The Morgan fingerprint density at radius 3 is 1.21 bits per heavy atom. The van der Waals surface area contributed by atoms with Gasteiger partial charge < -0.3 is 9.47 Å². The molecule has 0 atom stereocenters. The first-order valence-electron chi connectivity index (χ1n) is 19.6. The molecular weight excluding hydrogens is 705 g/mol. The third kappa shape index (κ3) is 6.06. The highest BCUT2D eigenvalue weighted by Crippen LogP contribution is 2.37. The molecule has 0 aliphatic rings. The second kappa shape index (κ2) is 14.8. The summed E-state index contributed by atoms with van der Waals surface area (Å²) in [7, 11) is -2.76. The topological polar surface area (TPSA) is 8.17 Å². The molecule has 2 nitrogen and oxygen atoms in total. The van der Waals surface area contributed by atoms with E-state index in [-0.39, 0.29) is 0 Å². The minimum Gasteiger partial charge on any atom is -0.311 e. The summed E-state index contributed by atoms with van der Waals surface area (Å²) in [6.07, 6.45) is 0. The molecule has 10 aromatic rings. The third-order valence-electron chi connectivity index (χ3n) is 11.3. The quantitative estimate of drug-likeness (QED) is 0.106. The largest absolute Gasteiger partial charge is 0.311 e. The highest BCUT2D eigenvalue weighted by molar-refractivity contribution is 7.19. The van der Waals surface area contributed by atoms with Gasteiger partial charge in [-0.3, -0.25) is 0 Å². The van der Waals surface area contributed by atoms with Gasteiger partial charge in [-0.15, -0.1) is 0 Å². The van der Waals surface area contributed by atoms with E-state index < -0.39 is 8.07 Å². The van der Waals surface area contributed by atoms with Gasteiger partial charge in [0, 0.05) is 33.5 Å². The minimum atomic E-state index is -2.76. The fourth-order valence-corrected chi connectivity index (χ4v) is 13.6. The Kier molecular flexibility index (Phi) is 8.90. The lowest BCUT2D eigenvalue weighted by atomic mass is 10.0. The summed E-state index contributed by atoms with van der Waals surface area (Å²) in [5.41, 5.74) is 9.25. The molecule has 0 fully saturated rings. The molecule has 0 radical (unpaired) electrons. The minimum absolute atomic E-state index is 1.09. The summed E-state index contributed by atoms with van der Waals surface area (Å²) >= 11 is 0. The molecule has 0 unspecified atom stereocenters. The van der Waals surface area contributed by atoms with Gasteiger partial charge in [0.1, 0.15) is 0 Å². The first-order valence-corrected chi connectivity index (χ1v) is 21.6. The average molecular weight is 745 g/mol. The van der Waals surface area contributed by atoms with Crippen LogP contribution in [0.15, 0.2) is 243 Å². The lowest BCUT2D eigenvalue weighted by molar-refractivity contribution is 1.17. The summed E-state index contributed by atoms with van der Waals surface area (Å²) in [5, 5.41) is 7.92. The zero-order valence-corrected chi connectivity index (χ0v) is 32.5. The second-order valence-corrected chi connectivity index (χ2v) is 18.3. The van der Waals surface area contributed by atoms with Crippen LogP contribution >= 0.6 is 0 Å². The van der Waals surface area contributed by atoms with Crippen LogP contribution < -0.4 is 25.6 Å². The lowest BCUT2D eigenvalue weighted by Crippen LogP contribution is -2.74. The molecule has 0 amide bonds. The average Bonchev–Trinajstić information content (AvgIpc) is 3.63.